The predicted octanol–water partition coefficient (Wildman–Crippen LogP) is 3.79. The molecule has 27 heavy (non-hydrogen) atoms. The van der Waals surface area contributed by atoms with Gasteiger partial charge in [0.1, 0.15) is 23.4 Å². The van der Waals surface area contributed by atoms with Gasteiger partial charge in [-0.25, -0.2) is 4.99 Å². The Bertz CT molecular complexity index is 764. The van der Waals surface area contributed by atoms with Crippen LogP contribution in [0.1, 0.15) is 6.92 Å². The normalized spacial score (nSPS) is 13.0. The second kappa shape index (κ2) is 9.02. The van der Waals surface area contributed by atoms with Crippen LogP contribution in [0.4, 0.5) is 18.9 Å². The molecule has 0 amide bonds. The van der Waals surface area contributed by atoms with Gasteiger partial charge in [0.15, 0.2) is 5.96 Å². The number of nitrogens with two attached hydrogens (primary N) is 1. The predicted molar refractivity (Wildman–Crippen MR) is 96.3 cm³/mol. The number of benzene rings is 2. The van der Waals surface area contributed by atoms with Crippen LogP contribution in [0.5, 0.6) is 17.2 Å². The van der Waals surface area contributed by atoms with Crippen molar-refractivity contribution in [2.75, 3.05) is 19.0 Å². The van der Waals surface area contributed by atoms with Crippen molar-refractivity contribution in [1.82, 2.24) is 0 Å². The van der Waals surface area contributed by atoms with Crippen molar-refractivity contribution < 1.29 is 27.4 Å². The molecule has 0 fully saturated rings. The van der Waals surface area contributed by atoms with Crippen molar-refractivity contribution in [3.8, 4) is 17.2 Å². The molecule has 0 aliphatic heterocycles. The third-order valence-corrected chi connectivity index (χ3v) is 3.26. The van der Waals surface area contributed by atoms with Crippen LogP contribution in [0.15, 0.2) is 53.5 Å². The van der Waals surface area contributed by atoms with Gasteiger partial charge in [0, 0.05) is 11.8 Å². The van der Waals surface area contributed by atoms with E-state index in [0.29, 0.717) is 17.2 Å². The van der Waals surface area contributed by atoms with Crippen LogP contribution in [-0.4, -0.2) is 32.1 Å². The van der Waals surface area contributed by atoms with E-state index >= 15 is 0 Å². The fraction of sp³-hybridized carbons (Fsp3) is 0.278. The number of guanidine groups is 1. The number of nitrogens with one attached hydrogen (secondary N) is 1. The lowest BCUT2D eigenvalue weighted by Crippen LogP contribution is -2.25. The van der Waals surface area contributed by atoms with E-state index in [-0.39, 0.29) is 24.4 Å². The molecule has 0 bridgehead atoms. The molecule has 0 saturated heterocycles. The second-order valence-electron chi connectivity index (χ2n) is 5.53. The minimum atomic E-state index is -4.73. The number of hydrogen-bond donors (Lipinski definition) is 2. The van der Waals surface area contributed by atoms with Crippen LogP contribution in [0.2, 0.25) is 0 Å². The van der Waals surface area contributed by atoms with Gasteiger partial charge in [0.25, 0.3) is 0 Å². The Kier molecular flexibility index (Phi) is 6.75. The summed E-state index contributed by atoms with van der Waals surface area (Å²) in [5, 5.41) is 2.78. The molecule has 0 aliphatic carbocycles. The number of nitrogens with zero attached hydrogens (tertiary/aromatic N) is 1. The van der Waals surface area contributed by atoms with Gasteiger partial charge in [-0.15, -0.1) is 13.2 Å². The first-order valence-corrected chi connectivity index (χ1v) is 7.98. The lowest BCUT2D eigenvalue weighted by Gasteiger charge is -2.14. The van der Waals surface area contributed by atoms with Crippen molar-refractivity contribution in [2.24, 2.45) is 10.7 Å². The standard InChI is InChI=1S/C18H20F3N3O3/c1-12(26-16-5-3-4-15(10-16)25-2)11-23-17(22)24-13-6-8-14(9-7-13)27-18(19,20)21/h3-10,12H,11H2,1-2H3,(H3,22,23,24). The van der Waals surface area contributed by atoms with Gasteiger partial charge in [-0.1, -0.05) is 6.07 Å². The van der Waals surface area contributed by atoms with Crippen LogP contribution < -0.4 is 25.3 Å². The van der Waals surface area contributed by atoms with Crippen molar-refractivity contribution in [3.05, 3.63) is 48.5 Å². The zero-order chi connectivity index (χ0) is 19.9. The first kappa shape index (κ1) is 20.2. The highest BCUT2D eigenvalue weighted by Gasteiger charge is 2.30. The Morgan fingerprint density at radius 3 is 2.41 bits per heavy atom. The molecule has 3 N–H and O–H groups in total. The highest BCUT2D eigenvalue weighted by molar-refractivity contribution is 5.92. The molecule has 146 valence electrons. The van der Waals surface area contributed by atoms with Crippen molar-refractivity contribution >= 4 is 11.6 Å². The summed E-state index contributed by atoms with van der Waals surface area (Å²) in [7, 11) is 1.57. The Labute approximate surface area is 154 Å². The van der Waals surface area contributed by atoms with E-state index in [9.17, 15) is 13.2 Å². The topological polar surface area (TPSA) is 78.1 Å². The van der Waals surface area contributed by atoms with Gasteiger partial charge in [-0.05, 0) is 43.3 Å². The summed E-state index contributed by atoms with van der Waals surface area (Å²) in [5.41, 5.74) is 6.26. The zero-order valence-electron chi connectivity index (χ0n) is 14.8. The molecule has 1 atom stereocenters. The summed E-state index contributed by atoms with van der Waals surface area (Å²) in [4.78, 5) is 4.16. The summed E-state index contributed by atoms with van der Waals surface area (Å²) in [6.45, 7) is 2.12. The average Bonchev–Trinajstić information content (AvgIpc) is 2.60. The van der Waals surface area contributed by atoms with E-state index in [1.807, 2.05) is 19.1 Å². The number of halogens is 3. The van der Waals surface area contributed by atoms with E-state index in [1.165, 1.54) is 24.3 Å². The van der Waals surface area contributed by atoms with Crippen molar-refractivity contribution in [3.63, 3.8) is 0 Å². The fourth-order valence-electron chi connectivity index (χ4n) is 2.10. The SMILES string of the molecule is COc1cccc(OC(C)CN=C(N)Nc2ccc(OC(F)(F)F)cc2)c1. The first-order chi connectivity index (χ1) is 12.7. The number of anilines is 1. The Balaban J connectivity index is 1.86. The minimum Gasteiger partial charge on any atom is -0.497 e. The van der Waals surface area contributed by atoms with E-state index in [4.69, 9.17) is 15.2 Å². The molecule has 1 unspecified atom stereocenters. The number of alkyl halides is 3. The second-order valence-corrected chi connectivity index (χ2v) is 5.53. The average molecular weight is 383 g/mol. The van der Waals surface area contributed by atoms with Gasteiger partial charge in [-0.3, -0.25) is 0 Å². The van der Waals surface area contributed by atoms with Gasteiger partial charge >= 0.3 is 6.36 Å². The van der Waals surface area contributed by atoms with Crippen LogP contribution in [-0.2, 0) is 0 Å². The maximum absolute atomic E-state index is 12.1. The van der Waals surface area contributed by atoms with Crippen LogP contribution >= 0.6 is 0 Å². The number of hydrogen-bond acceptors (Lipinski definition) is 4. The molecule has 9 heteroatoms. The van der Waals surface area contributed by atoms with Gasteiger partial charge in [0.2, 0.25) is 0 Å². The van der Waals surface area contributed by atoms with Gasteiger partial charge in [0.05, 0.1) is 13.7 Å². The van der Waals surface area contributed by atoms with E-state index < -0.39 is 6.36 Å². The summed E-state index contributed by atoms with van der Waals surface area (Å²) < 4.78 is 51.0. The van der Waals surface area contributed by atoms with Gasteiger partial charge < -0.3 is 25.3 Å². The third-order valence-electron chi connectivity index (χ3n) is 3.26. The van der Waals surface area contributed by atoms with Gasteiger partial charge in [-0.2, -0.15) is 0 Å². The van der Waals surface area contributed by atoms with Crippen molar-refractivity contribution in [2.45, 2.75) is 19.4 Å². The Hall–Kier alpha value is -3.10. The number of methoxy groups -OCH3 is 1. The van der Waals surface area contributed by atoms with Crippen LogP contribution in [0.25, 0.3) is 0 Å². The molecule has 0 saturated carbocycles. The Morgan fingerprint density at radius 1 is 1.11 bits per heavy atom. The lowest BCUT2D eigenvalue weighted by molar-refractivity contribution is -0.274. The number of ether oxygens (including phenoxy) is 3. The Morgan fingerprint density at radius 2 is 1.78 bits per heavy atom. The summed E-state index contributed by atoms with van der Waals surface area (Å²) >= 11 is 0. The van der Waals surface area contributed by atoms with Crippen molar-refractivity contribution in [1.29, 1.82) is 0 Å². The monoisotopic (exact) mass is 383 g/mol. The molecule has 6 nitrogen and oxygen atoms in total. The highest BCUT2D eigenvalue weighted by atomic mass is 19.4. The maximum atomic E-state index is 12.1. The molecular formula is C18H20F3N3O3. The quantitative estimate of drug-likeness (QED) is 0.562. The molecule has 0 aliphatic rings. The molecular weight excluding hydrogens is 363 g/mol. The molecule has 0 heterocycles. The fourth-order valence-corrected chi connectivity index (χ4v) is 2.10. The first-order valence-electron chi connectivity index (χ1n) is 7.98. The molecule has 2 rings (SSSR count). The summed E-state index contributed by atoms with van der Waals surface area (Å²) in [6, 6.07) is 12.3. The van der Waals surface area contributed by atoms with Crippen LogP contribution in [0.3, 0.4) is 0 Å². The zero-order valence-corrected chi connectivity index (χ0v) is 14.8. The maximum Gasteiger partial charge on any atom is 0.573 e. The van der Waals surface area contributed by atoms with E-state index in [0.717, 1.165) is 0 Å². The molecule has 2 aromatic carbocycles. The smallest absolute Gasteiger partial charge is 0.497 e. The molecule has 0 radical (unpaired) electrons. The summed E-state index contributed by atoms with van der Waals surface area (Å²) in [5.74, 6) is 1.12. The largest absolute Gasteiger partial charge is 0.573 e. The molecule has 0 spiro atoms. The highest BCUT2D eigenvalue weighted by Crippen LogP contribution is 2.24. The minimum absolute atomic E-state index is 0.112. The van der Waals surface area contributed by atoms with Crippen LogP contribution in [0, 0.1) is 0 Å². The third kappa shape index (κ3) is 7.35. The van der Waals surface area contributed by atoms with E-state index in [2.05, 4.69) is 15.0 Å². The number of aliphatic imine (C=N–C) groups is 1. The molecule has 0 aromatic heterocycles. The van der Waals surface area contributed by atoms with E-state index in [1.54, 1.807) is 19.2 Å². The molecule has 2 aromatic rings. The number of rotatable bonds is 7. The lowest BCUT2D eigenvalue weighted by atomic mass is 10.3. The summed E-state index contributed by atoms with van der Waals surface area (Å²) in [6.07, 6.45) is -4.98.